The third-order valence-electron chi connectivity index (χ3n) is 1.68. The van der Waals surface area contributed by atoms with Gasteiger partial charge in [-0.1, -0.05) is 0 Å². The van der Waals surface area contributed by atoms with Gasteiger partial charge in [0.1, 0.15) is 6.07 Å². The third kappa shape index (κ3) is 1.49. The van der Waals surface area contributed by atoms with E-state index in [9.17, 15) is 8.42 Å². The lowest BCUT2D eigenvalue weighted by atomic mass is 10.6. The van der Waals surface area contributed by atoms with Crippen molar-refractivity contribution < 1.29 is 8.42 Å². The van der Waals surface area contributed by atoms with Gasteiger partial charge >= 0.3 is 10.2 Å². The van der Waals surface area contributed by atoms with Crippen molar-refractivity contribution in [1.29, 1.82) is 5.26 Å². The molecule has 1 heterocycles. The first-order valence-corrected chi connectivity index (χ1v) is 5.18. The van der Waals surface area contributed by atoms with E-state index in [1.807, 2.05) is 0 Å². The number of rotatable bonds is 2. The second-order valence-electron chi connectivity index (χ2n) is 2.89. The predicted molar refractivity (Wildman–Crippen MR) is 49.7 cm³/mol. The maximum Gasteiger partial charge on any atom is 0.309 e. The number of aromatic nitrogens is 2. The van der Waals surface area contributed by atoms with Crippen LogP contribution in [0.5, 0.6) is 0 Å². The highest BCUT2D eigenvalue weighted by Crippen LogP contribution is 2.09. The maximum atomic E-state index is 11.7. The van der Waals surface area contributed by atoms with Crippen molar-refractivity contribution in [3.8, 4) is 6.07 Å². The zero-order valence-electron chi connectivity index (χ0n) is 8.09. The molecule has 0 N–H and O–H groups in total. The van der Waals surface area contributed by atoms with Gasteiger partial charge in [-0.25, -0.2) is 8.96 Å². The number of aryl methyl sites for hydroxylation is 1. The molecule has 0 aliphatic heterocycles. The number of hydrogen-bond acceptors (Lipinski definition) is 4. The molecule has 0 aliphatic rings. The molecule has 7 heteroatoms. The van der Waals surface area contributed by atoms with E-state index in [-0.39, 0.29) is 5.82 Å². The van der Waals surface area contributed by atoms with Crippen LogP contribution in [-0.2, 0) is 10.2 Å². The van der Waals surface area contributed by atoms with E-state index >= 15 is 0 Å². The fourth-order valence-corrected chi connectivity index (χ4v) is 2.00. The second kappa shape index (κ2) is 3.40. The Morgan fingerprint density at radius 3 is 2.57 bits per heavy atom. The van der Waals surface area contributed by atoms with Gasteiger partial charge in [0.2, 0.25) is 5.82 Å². The monoisotopic (exact) mass is 214 g/mol. The quantitative estimate of drug-likeness (QED) is 0.678. The van der Waals surface area contributed by atoms with Gasteiger partial charge in [0, 0.05) is 14.1 Å². The Kier molecular flexibility index (Phi) is 2.59. The summed E-state index contributed by atoms with van der Waals surface area (Å²) in [6.07, 6.45) is 1.35. The van der Waals surface area contributed by atoms with Crippen LogP contribution in [0.25, 0.3) is 0 Å². The summed E-state index contributed by atoms with van der Waals surface area (Å²) < 4.78 is 25.3. The molecule has 0 fully saturated rings. The van der Waals surface area contributed by atoms with E-state index in [0.29, 0.717) is 5.69 Å². The largest absolute Gasteiger partial charge is 0.309 e. The van der Waals surface area contributed by atoms with Crippen LogP contribution in [0.15, 0.2) is 6.20 Å². The molecule has 1 rings (SSSR count). The molecule has 6 nitrogen and oxygen atoms in total. The summed E-state index contributed by atoms with van der Waals surface area (Å²) in [7, 11) is -0.845. The smallest absolute Gasteiger partial charge is 0.226 e. The summed E-state index contributed by atoms with van der Waals surface area (Å²) in [6.45, 7) is 1.58. The summed E-state index contributed by atoms with van der Waals surface area (Å²) in [5.74, 6) is -0.129. The Labute approximate surface area is 82.6 Å². The van der Waals surface area contributed by atoms with Crippen molar-refractivity contribution in [3.63, 3.8) is 0 Å². The summed E-state index contributed by atoms with van der Waals surface area (Å²) in [4.78, 5) is 3.68. The molecule has 0 aromatic carbocycles. The molecule has 1 aromatic heterocycles. The molecule has 0 atom stereocenters. The van der Waals surface area contributed by atoms with E-state index in [0.717, 1.165) is 8.28 Å². The number of nitriles is 1. The van der Waals surface area contributed by atoms with Gasteiger partial charge in [-0.15, -0.1) is 0 Å². The lowest BCUT2D eigenvalue weighted by Crippen LogP contribution is -2.30. The first-order valence-electron chi connectivity index (χ1n) is 3.78. The van der Waals surface area contributed by atoms with Crippen LogP contribution in [0.1, 0.15) is 11.5 Å². The van der Waals surface area contributed by atoms with Crippen LogP contribution >= 0.6 is 0 Å². The van der Waals surface area contributed by atoms with Crippen molar-refractivity contribution in [3.05, 3.63) is 17.7 Å². The molecule has 0 saturated carbocycles. The Bertz CT molecular complexity index is 480. The lowest BCUT2D eigenvalue weighted by molar-refractivity contribution is 0.509. The summed E-state index contributed by atoms with van der Waals surface area (Å²) in [5, 5.41) is 8.66. The average molecular weight is 214 g/mol. The highest BCUT2D eigenvalue weighted by Gasteiger charge is 2.22. The van der Waals surface area contributed by atoms with Crippen LogP contribution in [-0.4, -0.2) is 35.8 Å². The lowest BCUT2D eigenvalue weighted by Gasteiger charge is -2.13. The Morgan fingerprint density at radius 2 is 2.14 bits per heavy atom. The van der Waals surface area contributed by atoms with E-state index in [1.165, 1.54) is 20.3 Å². The van der Waals surface area contributed by atoms with Gasteiger partial charge in [-0.3, -0.25) is 0 Å². The van der Waals surface area contributed by atoms with E-state index in [4.69, 9.17) is 5.26 Å². The zero-order chi connectivity index (χ0) is 10.9. The van der Waals surface area contributed by atoms with Crippen LogP contribution in [0.2, 0.25) is 0 Å². The van der Waals surface area contributed by atoms with Crippen LogP contribution in [0.4, 0.5) is 0 Å². The molecule has 1 aromatic rings. The molecule has 76 valence electrons. The van der Waals surface area contributed by atoms with Crippen LogP contribution < -0.4 is 0 Å². The van der Waals surface area contributed by atoms with Crippen LogP contribution in [0, 0.1) is 18.3 Å². The van der Waals surface area contributed by atoms with Gasteiger partial charge in [0.05, 0.1) is 11.9 Å². The molecular formula is C7H10N4O2S. The van der Waals surface area contributed by atoms with Crippen molar-refractivity contribution in [1.82, 2.24) is 13.3 Å². The first kappa shape index (κ1) is 10.7. The van der Waals surface area contributed by atoms with E-state index in [2.05, 4.69) is 4.98 Å². The van der Waals surface area contributed by atoms with E-state index < -0.39 is 10.2 Å². The van der Waals surface area contributed by atoms with Crippen molar-refractivity contribution in [2.75, 3.05) is 14.1 Å². The van der Waals surface area contributed by atoms with Gasteiger partial charge in [-0.05, 0) is 6.92 Å². The van der Waals surface area contributed by atoms with Crippen molar-refractivity contribution in [2.24, 2.45) is 0 Å². The first-order chi connectivity index (χ1) is 6.41. The second-order valence-corrected chi connectivity index (χ2v) is 4.88. The topological polar surface area (TPSA) is 79.0 Å². The molecule has 0 aliphatic carbocycles. The highest BCUT2D eigenvalue weighted by molar-refractivity contribution is 7.87. The van der Waals surface area contributed by atoms with E-state index in [1.54, 1.807) is 13.0 Å². The molecule has 0 saturated heterocycles. The summed E-state index contributed by atoms with van der Waals surface area (Å²) in [5.41, 5.74) is 0.412. The zero-order valence-corrected chi connectivity index (χ0v) is 8.91. The van der Waals surface area contributed by atoms with Gasteiger partial charge in [0.25, 0.3) is 0 Å². The molecular weight excluding hydrogens is 204 g/mol. The van der Waals surface area contributed by atoms with Gasteiger partial charge < -0.3 is 0 Å². The fraction of sp³-hybridized carbons (Fsp3) is 0.429. The normalized spacial score (nSPS) is 11.6. The minimum atomic E-state index is -3.64. The predicted octanol–water partition coefficient (Wildman–Crippen LogP) is -0.282. The highest BCUT2D eigenvalue weighted by atomic mass is 32.2. The number of imidazole rings is 1. The molecule has 0 radical (unpaired) electrons. The minimum absolute atomic E-state index is 0.129. The fourth-order valence-electron chi connectivity index (χ4n) is 0.955. The Balaban J connectivity index is 3.48. The SMILES string of the molecule is Cc1cnc(C#N)n1S(=O)(=O)N(C)C. The van der Waals surface area contributed by atoms with Crippen molar-refractivity contribution in [2.45, 2.75) is 6.92 Å². The third-order valence-corrected chi connectivity index (χ3v) is 3.52. The molecule has 0 amide bonds. The number of nitrogens with zero attached hydrogens (tertiary/aromatic N) is 4. The van der Waals surface area contributed by atoms with Crippen LogP contribution in [0.3, 0.4) is 0 Å². The molecule has 0 spiro atoms. The Morgan fingerprint density at radius 1 is 1.57 bits per heavy atom. The molecule has 0 unspecified atom stereocenters. The maximum absolute atomic E-state index is 11.7. The van der Waals surface area contributed by atoms with Gasteiger partial charge in [0.15, 0.2) is 0 Å². The van der Waals surface area contributed by atoms with Gasteiger partial charge in [-0.2, -0.15) is 18.0 Å². The Hall–Kier alpha value is -1.39. The molecule has 14 heavy (non-hydrogen) atoms. The average Bonchev–Trinajstić information content (AvgIpc) is 2.46. The van der Waals surface area contributed by atoms with Crippen molar-refractivity contribution >= 4 is 10.2 Å². The standard InChI is InChI=1S/C7H10N4O2S/c1-6-5-9-7(4-8)11(6)14(12,13)10(2)3/h5H,1-3H3. The number of hydrogen-bond donors (Lipinski definition) is 0. The summed E-state index contributed by atoms with van der Waals surface area (Å²) >= 11 is 0. The summed E-state index contributed by atoms with van der Waals surface area (Å²) in [6, 6.07) is 1.72. The molecule has 0 bridgehead atoms. The minimum Gasteiger partial charge on any atom is -0.226 e.